The summed E-state index contributed by atoms with van der Waals surface area (Å²) in [6.07, 6.45) is 5.40. The van der Waals surface area contributed by atoms with Gasteiger partial charge in [-0.05, 0) is 37.0 Å². The second-order valence-electron chi connectivity index (χ2n) is 9.06. The minimum Gasteiger partial charge on any atom is -0.366 e. The highest BCUT2D eigenvalue weighted by molar-refractivity contribution is 6.32. The van der Waals surface area contributed by atoms with Crippen molar-refractivity contribution >= 4 is 34.1 Å². The van der Waals surface area contributed by atoms with E-state index in [-0.39, 0.29) is 12.6 Å². The Morgan fingerprint density at radius 3 is 2.58 bits per heavy atom. The summed E-state index contributed by atoms with van der Waals surface area (Å²) in [7, 11) is 0. The number of aromatic amines is 1. The summed E-state index contributed by atoms with van der Waals surface area (Å²) in [5, 5.41) is 8.91. The Hall–Kier alpha value is -3.23. The van der Waals surface area contributed by atoms with Crippen LogP contribution in [0.15, 0.2) is 70.9 Å². The maximum Gasteiger partial charge on any atom is 0.138 e. The molecule has 1 atom stereocenters. The van der Waals surface area contributed by atoms with Crippen LogP contribution in [0.3, 0.4) is 0 Å². The lowest BCUT2D eigenvalue weighted by Crippen LogP contribution is -2.49. The number of aliphatic imine (C=N–C) groups is 2. The molecule has 0 amide bonds. The number of hydrogen-bond acceptors (Lipinski definition) is 5. The fraction of sp³-hybridized carbons (Fsp3) is 0.370. The average molecular weight is 510 g/mol. The number of fused-ring (bicyclic) bond motifs is 1. The summed E-state index contributed by atoms with van der Waals surface area (Å²) in [5.41, 5.74) is 12.0. The van der Waals surface area contributed by atoms with Gasteiger partial charge in [-0.3, -0.25) is 10.1 Å². The third kappa shape index (κ3) is 5.01. The molecule has 1 aromatic carbocycles. The van der Waals surface area contributed by atoms with Gasteiger partial charge in [-0.15, -0.1) is 0 Å². The quantitative estimate of drug-likeness (QED) is 0.304. The zero-order chi connectivity index (χ0) is 26.0. The van der Waals surface area contributed by atoms with Crippen LogP contribution in [0.4, 0.5) is 4.39 Å². The molecule has 1 aromatic heterocycles. The number of halogens is 2. The van der Waals surface area contributed by atoms with Crippen molar-refractivity contribution in [1.29, 1.82) is 0 Å². The number of aromatic nitrogens is 2. The van der Waals surface area contributed by atoms with Gasteiger partial charge in [-0.25, -0.2) is 9.38 Å². The van der Waals surface area contributed by atoms with Crippen molar-refractivity contribution in [3.05, 3.63) is 77.0 Å². The van der Waals surface area contributed by atoms with Crippen molar-refractivity contribution in [3.8, 4) is 0 Å². The number of rotatable bonds is 7. The van der Waals surface area contributed by atoms with E-state index in [2.05, 4.69) is 40.9 Å². The van der Waals surface area contributed by atoms with Crippen LogP contribution in [0.5, 0.6) is 0 Å². The Bertz CT molecular complexity index is 1290. The van der Waals surface area contributed by atoms with Gasteiger partial charge in [0.05, 0.1) is 29.2 Å². The number of nitrogens with zero attached hydrogens (tertiary/aromatic N) is 5. The smallest absolute Gasteiger partial charge is 0.138 e. The molecule has 9 heteroatoms. The van der Waals surface area contributed by atoms with Crippen molar-refractivity contribution in [2.24, 2.45) is 15.7 Å². The minimum absolute atomic E-state index is 0.127. The first-order valence-electron chi connectivity index (χ1n) is 12.1. The standard InChI is InChI=1S/C27H33ClFN7/c1-6-16(2)32-27(36-11-9-35(10-12-36)19(5)18(4)29)20-7-8-23(33-25(20)14-30)26-17(3)22(28)13-24-21(26)15-31-34-24/h7,13,15,23H,2,4-6,8-12,14,30H2,1,3H3,(H,31,34). The van der Waals surface area contributed by atoms with Crippen LogP contribution in [-0.2, 0) is 0 Å². The number of benzene rings is 1. The van der Waals surface area contributed by atoms with Crippen LogP contribution in [-0.4, -0.2) is 64.3 Å². The third-order valence-corrected chi connectivity index (χ3v) is 7.27. The van der Waals surface area contributed by atoms with Crippen molar-refractivity contribution in [2.45, 2.75) is 32.7 Å². The van der Waals surface area contributed by atoms with Gasteiger partial charge in [0.1, 0.15) is 11.7 Å². The van der Waals surface area contributed by atoms with Gasteiger partial charge in [-0.2, -0.15) is 5.10 Å². The predicted octanol–water partition coefficient (Wildman–Crippen LogP) is 5.23. The van der Waals surface area contributed by atoms with Gasteiger partial charge < -0.3 is 15.5 Å². The fourth-order valence-corrected chi connectivity index (χ4v) is 4.94. The van der Waals surface area contributed by atoms with Gasteiger partial charge in [0.15, 0.2) is 0 Å². The highest BCUT2D eigenvalue weighted by Gasteiger charge is 2.29. The van der Waals surface area contributed by atoms with E-state index in [1.165, 1.54) is 0 Å². The molecule has 0 bridgehead atoms. The molecule has 3 heterocycles. The molecule has 0 spiro atoms. The minimum atomic E-state index is -0.502. The molecule has 3 N–H and O–H groups in total. The molecule has 1 saturated heterocycles. The molecule has 0 aliphatic carbocycles. The lowest BCUT2D eigenvalue weighted by Gasteiger charge is -2.39. The lowest BCUT2D eigenvalue weighted by molar-refractivity contribution is 0.221. The number of dihydropyridines is 1. The Kier molecular flexibility index (Phi) is 7.76. The molecule has 1 unspecified atom stereocenters. The van der Waals surface area contributed by atoms with Crippen molar-refractivity contribution < 1.29 is 4.39 Å². The Morgan fingerprint density at radius 1 is 1.25 bits per heavy atom. The number of hydrogen-bond donors (Lipinski definition) is 2. The van der Waals surface area contributed by atoms with E-state index < -0.39 is 5.83 Å². The van der Waals surface area contributed by atoms with E-state index in [1.54, 1.807) is 0 Å². The summed E-state index contributed by atoms with van der Waals surface area (Å²) in [4.78, 5) is 14.1. The first-order valence-corrected chi connectivity index (χ1v) is 12.5. The maximum atomic E-state index is 13.6. The van der Waals surface area contributed by atoms with Crippen LogP contribution in [0, 0.1) is 6.92 Å². The second kappa shape index (κ2) is 10.8. The van der Waals surface area contributed by atoms with Crippen molar-refractivity contribution in [3.63, 3.8) is 0 Å². The molecule has 7 nitrogen and oxygen atoms in total. The summed E-state index contributed by atoms with van der Waals surface area (Å²) in [5.74, 6) is 0.309. The maximum absolute atomic E-state index is 13.6. The van der Waals surface area contributed by atoms with Crippen LogP contribution >= 0.6 is 11.6 Å². The van der Waals surface area contributed by atoms with Crippen LogP contribution in [0.25, 0.3) is 10.9 Å². The molecule has 2 aliphatic heterocycles. The second-order valence-corrected chi connectivity index (χ2v) is 9.47. The number of allylic oxidation sites excluding steroid dienone is 2. The van der Waals surface area contributed by atoms with Crippen molar-refractivity contribution in [1.82, 2.24) is 20.0 Å². The number of amidine groups is 1. The van der Waals surface area contributed by atoms with Gasteiger partial charge in [-0.1, -0.05) is 44.3 Å². The molecular weight excluding hydrogens is 477 g/mol. The summed E-state index contributed by atoms with van der Waals surface area (Å²) < 4.78 is 13.6. The topological polar surface area (TPSA) is 85.9 Å². The monoisotopic (exact) mass is 509 g/mol. The largest absolute Gasteiger partial charge is 0.366 e. The molecule has 0 radical (unpaired) electrons. The SMILES string of the molecule is C=C(CC)N=C(C1=CCC(c2c(C)c(Cl)cc3[nH]ncc23)N=C1CN)N1CCN(C(=C)C(=C)F)CC1. The summed E-state index contributed by atoms with van der Waals surface area (Å²) in [6.45, 7) is 18.2. The molecule has 4 rings (SSSR count). The number of H-pyrrole nitrogens is 1. The van der Waals surface area contributed by atoms with Gasteiger partial charge in [0.25, 0.3) is 0 Å². The fourth-order valence-electron chi connectivity index (χ4n) is 4.73. The zero-order valence-electron chi connectivity index (χ0n) is 20.9. The lowest BCUT2D eigenvalue weighted by atomic mass is 9.91. The number of nitrogens with one attached hydrogen (secondary N) is 1. The molecule has 36 heavy (non-hydrogen) atoms. The molecule has 0 saturated carbocycles. The molecular formula is C27H33ClFN7. The highest BCUT2D eigenvalue weighted by atomic mass is 35.5. The van der Waals surface area contributed by atoms with Crippen LogP contribution in [0.2, 0.25) is 5.02 Å². The van der Waals surface area contributed by atoms with E-state index in [9.17, 15) is 4.39 Å². The van der Waals surface area contributed by atoms with Crippen LogP contribution < -0.4 is 5.73 Å². The molecule has 2 aliphatic rings. The van der Waals surface area contributed by atoms with E-state index in [1.807, 2.05) is 31.0 Å². The van der Waals surface area contributed by atoms with Gasteiger partial charge in [0.2, 0.25) is 0 Å². The highest BCUT2D eigenvalue weighted by Crippen LogP contribution is 2.38. The van der Waals surface area contributed by atoms with E-state index in [0.29, 0.717) is 43.3 Å². The van der Waals surface area contributed by atoms with Gasteiger partial charge >= 0.3 is 0 Å². The summed E-state index contributed by atoms with van der Waals surface area (Å²) in [6, 6.07) is 1.77. The number of piperazine rings is 1. The molecule has 1 fully saturated rings. The molecule has 190 valence electrons. The van der Waals surface area contributed by atoms with E-state index in [0.717, 1.165) is 51.3 Å². The number of nitrogens with two attached hydrogens (primary N) is 1. The first-order chi connectivity index (χ1) is 17.2. The zero-order valence-corrected chi connectivity index (χ0v) is 21.7. The third-order valence-electron chi connectivity index (χ3n) is 6.87. The Morgan fingerprint density at radius 2 is 1.94 bits per heavy atom. The summed E-state index contributed by atoms with van der Waals surface area (Å²) >= 11 is 6.54. The Balaban J connectivity index is 1.66. The first kappa shape index (κ1) is 25.9. The van der Waals surface area contributed by atoms with Gasteiger partial charge in [0, 0.05) is 54.4 Å². The predicted molar refractivity (Wildman–Crippen MR) is 147 cm³/mol. The molecule has 2 aromatic rings. The van der Waals surface area contributed by atoms with E-state index in [4.69, 9.17) is 27.3 Å². The van der Waals surface area contributed by atoms with Crippen LogP contribution in [0.1, 0.15) is 36.9 Å². The average Bonchev–Trinajstić information content (AvgIpc) is 3.34. The normalized spacial score (nSPS) is 18.8. The Labute approximate surface area is 216 Å². The van der Waals surface area contributed by atoms with Crippen molar-refractivity contribution in [2.75, 3.05) is 32.7 Å². The van der Waals surface area contributed by atoms with E-state index >= 15 is 0 Å².